The fourth-order valence-electron chi connectivity index (χ4n) is 1.84. The molecular formula is C16H19N3O2. The summed E-state index contributed by atoms with van der Waals surface area (Å²) in [6.07, 6.45) is 1.57. The molecule has 0 fully saturated rings. The third kappa shape index (κ3) is 3.13. The standard InChI is InChI=1S/C16H19N3O2/c1-10-15(9-13(17)11(2)20-5)21-16-8-12(19(3)4)6-7-14(16)18-10/h6-9,17H,2H2,1,3-5H3/b15-9+,17-13?. The van der Waals surface area contributed by atoms with Crippen LogP contribution in [0.25, 0.3) is 0 Å². The molecule has 21 heavy (non-hydrogen) atoms. The van der Waals surface area contributed by atoms with Crippen molar-refractivity contribution in [3.05, 3.63) is 42.4 Å². The van der Waals surface area contributed by atoms with E-state index in [0.29, 0.717) is 17.2 Å². The first-order chi connectivity index (χ1) is 9.92. The summed E-state index contributed by atoms with van der Waals surface area (Å²) < 4.78 is 10.8. The number of rotatable bonds is 4. The lowest BCUT2D eigenvalue weighted by Crippen LogP contribution is -2.14. The molecule has 0 aromatic heterocycles. The van der Waals surface area contributed by atoms with E-state index in [1.54, 1.807) is 6.08 Å². The van der Waals surface area contributed by atoms with Crippen molar-refractivity contribution in [2.45, 2.75) is 6.92 Å². The topological polar surface area (TPSA) is 57.9 Å². The smallest absolute Gasteiger partial charge is 0.155 e. The molecule has 110 valence electrons. The summed E-state index contributed by atoms with van der Waals surface area (Å²) >= 11 is 0. The van der Waals surface area contributed by atoms with Crippen LogP contribution in [0.5, 0.6) is 5.75 Å². The summed E-state index contributed by atoms with van der Waals surface area (Å²) in [4.78, 5) is 6.50. The highest BCUT2D eigenvalue weighted by molar-refractivity contribution is 6.11. The maximum atomic E-state index is 7.87. The molecule has 0 radical (unpaired) electrons. The highest BCUT2D eigenvalue weighted by atomic mass is 16.5. The minimum absolute atomic E-state index is 0.161. The van der Waals surface area contributed by atoms with E-state index in [-0.39, 0.29) is 11.5 Å². The molecule has 1 N–H and O–H groups in total. The maximum absolute atomic E-state index is 7.87. The summed E-state index contributed by atoms with van der Waals surface area (Å²) in [5, 5.41) is 7.87. The Labute approximate surface area is 124 Å². The number of allylic oxidation sites excluding steroid dienone is 2. The molecule has 2 rings (SSSR count). The number of aliphatic imine (C=N–C) groups is 1. The molecule has 5 heteroatoms. The number of ether oxygens (including phenoxy) is 2. The van der Waals surface area contributed by atoms with Gasteiger partial charge in [0.05, 0.1) is 18.5 Å². The van der Waals surface area contributed by atoms with Gasteiger partial charge < -0.3 is 14.4 Å². The van der Waals surface area contributed by atoms with Crippen LogP contribution in [-0.4, -0.2) is 32.6 Å². The lowest BCUT2D eigenvalue weighted by atomic mass is 10.2. The quantitative estimate of drug-likeness (QED) is 0.682. The lowest BCUT2D eigenvalue weighted by molar-refractivity contribution is 0.316. The van der Waals surface area contributed by atoms with Crippen LogP contribution in [-0.2, 0) is 4.74 Å². The zero-order chi connectivity index (χ0) is 15.6. The van der Waals surface area contributed by atoms with E-state index in [1.165, 1.54) is 7.11 Å². The number of benzene rings is 1. The summed E-state index contributed by atoms with van der Waals surface area (Å²) in [6.45, 7) is 5.50. The molecule has 0 unspecified atom stereocenters. The predicted molar refractivity (Wildman–Crippen MR) is 86.1 cm³/mol. The van der Waals surface area contributed by atoms with Crippen molar-refractivity contribution in [3.8, 4) is 5.75 Å². The SMILES string of the molecule is C=C(OC)C(=N)/C=C1/Oc2cc(N(C)C)ccc2N=C1C. The fourth-order valence-corrected chi connectivity index (χ4v) is 1.84. The molecule has 1 aromatic carbocycles. The molecular weight excluding hydrogens is 266 g/mol. The largest absolute Gasteiger partial charge is 0.495 e. The highest BCUT2D eigenvalue weighted by Gasteiger charge is 2.17. The van der Waals surface area contributed by atoms with Gasteiger partial charge in [-0.05, 0) is 19.1 Å². The van der Waals surface area contributed by atoms with Crippen molar-refractivity contribution >= 4 is 22.8 Å². The molecule has 0 spiro atoms. The number of anilines is 1. The first kappa shape index (κ1) is 14.8. The van der Waals surface area contributed by atoms with Crippen LogP contribution < -0.4 is 9.64 Å². The third-order valence-electron chi connectivity index (χ3n) is 3.15. The van der Waals surface area contributed by atoms with Crippen molar-refractivity contribution in [3.63, 3.8) is 0 Å². The Morgan fingerprint density at radius 2 is 2.14 bits per heavy atom. The Morgan fingerprint density at radius 3 is 2.76 bits per heavy atom. The predicted octanol–water partition coefficient (Wildman–Crippen LogP) is 3.30. The summed E-state index contributed by atoms with van der Waals surface area (Å²) in [5.74, 6) is 1.49. The van der Waals surface area contributed by atoms with E-state index >= 15 is 0 Å². The third-order valence-corrected chi connectivity index (χ3v) is 3.15. The monoisotopic (exact) mass is 285 g/mol. The van der Waals surface area contributed by atoms with Gasteiger partial charge in [-0.1, -0.05) is 6.58 Å². The normalized spacial score (nSPS) is 14.9. The van der Waals surface area contributed by atoms with E-state index in [1.807, 2.05) is 44.1 Å². The van der Waals surface area contributed by atoms with Crippen molar-refractivity contribution in [2.24, 2.45) is 4.99 Å². The molecule has 5 nitrogen and oxygen atoms in total. The lowest BCUT2D eigenvalue weighted by Gasteiger charge is -2.20. The van der Waals surface area contributed by atoms with Crippen LogP contribution in [0.4, 0.5) is 11.4 Å². The van der Waals surface area contributed by atoms with E-state index in [9.17, 15) is 0 Å². The molecule has 0 saturated heterocycles. The Hall–Kier alpha value is -2.56. The second-order valence-electron chi connectivity index (χ2n) is 4.90. The molecule has 1 aromatic rings. The molecule has 0 atom stereocenters. The Balaban J connectivity index is 2.36. The average Bonchev–Trinajstić information content (AvgIpc) is 2.46. The molecule has 0 aliphatic carbocycles. The fraction of sp³-hybridized carbons (Fsp3) is 0.250. The van der Waals surface area contributed by atoms with Gasteiger partial charge in [0.1, 0.15) is 11.4 Å². The first-order valence-electron chi connectivity index (χ1n) is 6.50. The summed E-state index contributed by atoms with van der Waals surface area (Å²) in [5.41, 5.74) is 2.69. The van der Waals surface area contributed by atoms with Gasteiger partial charge >= 0.3 is 0 Å². The number of nitrogens with one attached hydrogen (secondary N) is 1. The Morgan fingerprint density at radius 1 is 1.43 bits per heavy atom. The van der Waals surface area contributed by atoms with Crippen LogP contribution in [0.15, 0.2) is 47.4 Å². The van der Waals surface area contributed by atoms with Gasteiger partial charge in [0.2, 0.25) is 0 Å². The van der Waals surface area contributed by atoms with Crippen LogP contribution >= 0.6 is 0 Å². The molecule has 1 aliphatic heterocycles. The van der Waals surface area contributed by atoms with E-state index in [4.69, 9.17) is 14.9 Å². The number of hydrogen-bond donors (Lipinski definition) is 1. The van der Waals surface area contributed by atoms with Crippen LogP contribution in [0, 0.1) is 5.41 Å². The number of methoxy groups -OCH3 is 1. The zero-order valence-corrected chi connectivity index (χ0v) is 12.7. The van der Waals surface area contributed by atoms with Crippen LogP contribution in [0.2, 0.25) is 0 Å². The zero-order valence-electron chi connectivity index (χ0n) is 12.7. The van der Waals surface area contributed by atoms with E-state index in [2.05, 4.69) is 11.6 Å². The number of fused-ring (bicyclic) bond motifs is 1. The van der Waals surface area contributed by atoms with Crippen molar-refractivity contribution in [2.75, 3.05) is 26.1 Å². The number of hydrogen-bond acceptors (Lipinski definition) is 5. The van der Waals surface area contributed by atoms with E-state index < -0.39 is 0 Å². The molecule has 0 saturated carbocycles. The van der Waals surface area contributed by atoms with Gasteiger partial charge in [0, 0.05) is 31.9 Å². The minimum Gasteiger partial charge on any atom is -0.495 e. The van der Waals surface area contributed by atoms with Crippen molar-refractivity contribution in [1.82, 2.24) is 0 Å². The Bertz CT molecular complexity index is 657. The highest BCUT2D eigenvalue weighted by Crippen LogP contribution is 2.36. The van der Waals surface area contributed by atoms with Crippen molar-refractivity contribution in [1.29, 1.82) is 5.41 Å². The average molecular weight is 285 g/mol. The molecule has 1 aliphatic rings. The molecule has 0 amide bonds. The van der Waals surface area contributed by atoms with Gasteiger partial charge in [-0.3, -0.25) is 5.41 Å². The van der Waals surface area contributed by atoms with Crippen LogP contribution in [0.1, 0.15) is 6.92 Å². The second kappa shape index (κ2) is 5.83. The second-order valence-corrected chi connectivity index (χ2v) is 4.90. The molecule has 1 heterocycles. The van der Waals surface area contributed by atoms with Gasteiger partial charge in [-0.2, -0.15) is 0 Å². The van der Waals surface area contributed by atoms with Crippen LogP contribution in [0.3, 0.4) is 0 Å². The number of nitrogens with zero attached hydrogens (tertiary/aromatic N) is 2. The van der Waals surface area contributed by atoms with Gasteiger partial charge in [0.15, 0.2) is 11.5 Å². The Kier molecular flexibility index (Phi) is 4.12. The molecule has 0 bridgehead atoms. The summed E-state index contributed by atoms with van der Waals surface area (Å²) in [6, 6.07) is 5.83. The minimum atomic E-state index is 0.161. The summed E-state index contributed by atoms with van der Waals surface area (Å²) in [7, 11) is 5.42. The van der Waals surface area contributed by atoms with Crippen molar-refractivity contribution < 1.29 is 9.47 Å². The van der Waals surface area contributed by atoms with Gasteiger partial charge in [0.25, 0.3) is 0 Å². The first-order valence-corrected chi connectivity index (χ1v) is 6.50. The van der Waals surface area contributed by atoms with Gasteiger partial charge in [-0.15, -0.1) is 0 Å². The van der Waals surface area contributed by atoms with Gasteiger partial charge in [-0.25, -0.2) is 4.99 Å². The maximum Gasteiger partial charge on any atom is 0.155 e. The van der Waals surface area contributed by atoms with E-state index in [0.717, 1.165) is 11.4 Å².